The minimum absolute atomic E-state index is 0.149. The lowest BCUT2D eigenvalue weighted by molar-refractivity contribution is 0.192. The maximum atomic E-state index is 3.78. The number of nitrogens with one attached hydrogen (secondary N) is 1. The molecule has 0 bridgehead atoms. The smallest absolute Gasteiger partial charge is 0.0453 e. The van der Waals surface area contributed by atoms with Crippen LogP contribution in [0, 0.1) is 0 Å². The van der Waals surface area contributed by atoms with Gasteiger partial charge >= 0.3 is 0 Å². The molecule has 1 heterocycles. The normalized spacial score (nSPS) is 19.3. The molecular weight excluding hydrogens is 232 g/mol. The fourth-order valence-electron chi connectivity index (χ4n) is 2.84. The quantitative estimate of drug-likeness (QED) is 0.890. The maximum absolute atomic E-state index is 3.78. The van der Waals surface area contributed by atoms with Gasteiger partial charge in [-0.15, -0.1) is 0 Å². The van der Waals surface area contributed by atoms with Crippen molar-refractivity contribution in [2.75, 3.05) is 19.6 Å². The van der Waals surface area contributed by atoms with Gasteiger partial charge in [0.25, 0.3) is 0 Å². The highest BCUT2D eigenvalue weighted by Crippen LogP contribution is 2.20. The highest BCUT2D eigenvalue weighted by Gasteiger charge is 2.22. The minimum Gasteiger partial charge on any atom is -0.304 e. The van der Waals surface area contributed by atoms with Crippen LogP contribution in [0.5, 0.6) is 0 Å². The first-order valence-corrected chi connectivity index (χ1v) is 7.59. The summed E-state index contributed by atoms with van der Waals surface area (Å²) in [7, 11) is 0. The van der Waals surface area contributed by atoms with Crippen LogP contribution < -0.4 is 5.32 Å². The number of hydrogen-bond donors (Lipinski definition) is 1. The van der Waals surface area contributed by atoms with Gasteiger partial charge in [-0.3, -0.25) is 0 Å². The van der Waals surface area contributed by atoms with E-state index in [9.17, 15) is 0 Å². The maximum Gasteiger partial charge on any atom is 0.0453 e. The number of likely N-dealkylation sites (tertiary alicyclic amines) is 1. The van der Waals surface area contributed by atoms with Crippen LogP contribution in [-0.2, 0) is 0 Å². The van der Waals surface area contributed by atoms with Crippen LogP contribution in [0.25, 0.3) is 0 Å². The second-order valence-corrected chi connectivity index (χ2v) is 6.72. The Morgan fingerprint density at radius 3 is 2.26 bits per heavy atom. The summed E-state index contributed by atoms with van der Waals surface area (Å²) >= 11 is 0. The molecule has 1 N–H and O–H groups in total. The van der Waals surface area contributed by atoms with Gasteiger partial charge in [0.1, 0.15) is 0 Å². The fraction of sp³-hybridized carbons (Fsp3) is 0.647. The predicted molar refractivity (Wildman–Crippen MR) is 82.4 cm³/mol. The van der Waals surface area contributed by atoms with Crippen molar-refractivity contribution in [3.8, 4) is 0 Å². The molecule has 0 unspecified atom stereocenters. The monoisotopic (exact) mass is 260 g/mol. The van der Waals surface area contributed by atoms with Crippen LogP contribution in [-0.4, -0.2) is 30.1 Å². The second-order valence-electron chi connectivity index (χ2n) is 6.72. The molecule has 0 spiro atoms. The van der Waals surface area contributed by atoms with E-state index in [1.807, 2.05) is 0 Å². The molecule has 2 heteroatoms. The van der Waals surface area contributed by atoms with Crippen molar-refractivity contribution in [2.24, 2.45) is 0 Å². The summed E-state index contributed by atoms with van der Waals surface area (Å²) in [5, 5.41) is 3.78. The molecule has 2 rings (SSSR count). The molecule has 1 aliphatic heterocycles. The summed E-state index contributed by atoms with van der Waals surface area (Å²) in [6.07, 6.45) is 4.12. The van der Waals surface area contributed by atoms with Crippen molar-refractivity contribution in [3.05, 3.63) is 35.9 Å². The molecule has 0 amide bonds. The van der Waals surface area contributed by atoms with Gasteiger partial charge in [-0.2, -0.15) is 0 Å². The first kappa shape index (κ1) is 14.5. The summed E-state index contributed by atoms with van der Waals surface area (Å²) in [6.45, 7) is 10.4. The Morgan fingerprint density at radius 2 is 1.68 bits per heavy atom. The molecule has 106 valence electrons. The molecule has 19 heavy (non-hydrogen) atoms. The average Bonchev–Trinajstić information content (AvgIpc) is 2.39. The summed E-state index contributed by atoms with van der Waals surface area (Å²) in [4.78, 5) is 2.61. The van der Waals surface area contributed by atoms with Gasteiger partial charge in [0.2, 0.25) is 0 Å². The number of benzene rings is 1. The van der Waals surface area contributed by atoms with E-state index < -0.39 is 0 Å². The van der Waals surface area contributed by atoms with Crippen molar-refractivity contribution in [2.45, 2.75) is 51.6 Å². The summed E-state index contributed by atoms with van der Waals surface area (Å²) in [5.41, 5.74) is 1.55. The van der Waals surface area contributed by atoms with Gasteiger partial charge in [-0.1, -0.05) is 36.8 Å². The molecule has 0 aliphatic carbocycles. The zero-order valence-corrected chi connectivity index (χ0v) is 12.7. The second kappa shape index (κ2) is 6.53. The third-order valence-corrected chi connectivity index (χ3v) is 3.70. The lowest BCUT2D eigenvalue weighted by atomic mass is 10.00. The van der Waals surface area contributed by atoms with Crippen LogP contribution >= 0.6 is 0 Å². The van der Waals surface area contributed by atoms with Gasteiger partial charge in [-0.05, 0) is 52.3 Å². The van der Waals surface area contributed by atoms with E-state index in [1.54, 1.807) is 0 Å². The number of nitrogens with zero attached hydrogens (tertiary/aromatic N) is 1. The highest BCUT2D eigenvalue weighted by atomic mass is 15.2. The average molecular weight is 260 g/mol. The first-order valence-electron chi connectivity index (χ1n) is 7.59. The first-order chi connectivity index (χ1) is 9.04. The van der Waals surface area contributed by atoms with Crippen LogP contribution in [0.2, 0.25) is 0 Å². The van der Waals surface area contributed by atoms with Crippen LogP contribution in [0.1, 0.15) is 51.6 Å². The van der Waals surface area contributed by atoms with E-state index in [2.05, 4.69) is 61.3 Å². The van der Waals surface area contributed by atoms with Crippen molar-refractivity contribution < 1.29 is 0 Å². The zero-order chi connectivity index (χ0) is 13.7. The molecule has 1 saturated heterocycles. The Balaban J connectivity index is 2.05. The van der Waals surface area contributed by atoms with E-state index in [-0.39, 0.29) is 5.54 Å². The Kier molecular flexibility index (Phi) is 5.00. The largest absolute Gasteiger partial charge is 0.304 e. The number of rotatable bonds is 4. The lowest BCUT2D eigenvalue weighted by Gasteiger charge is -2.35. The topological polar surface area (TPSA) is 15.3 Å². The zero-order valence-electron chi connectivity index (χ0n) is 12.7. The van der Waals surface area contributed by atoms with Crippen molar-refractivity contribution in [1.29, 1.82) is 0 Å². The molecule has 0 saturated carbocycles. The van der Waals surface area contributed by atoms with Crippen LogP contribution in [0.3, 0.4) is 0 Å². The molecule has 0 radical (unpaired) electrons. The Hall–Kier alpha value is -0.860. The summed E-state index contributed by atoms with van der Waals surface area (Å²) in [5.74, 6) is 0. The molecule has 1 aromatic rings. The molecule has 0 aromatic heterocycles. The molecule has 1 aliphatic rings. The van der Waals surface area contributed by atoms with Crippen LogP contribution in [0.15, 0.2) is 30.3 Å². The Bertz CT molecular complexity index is 361. The minimum atomic E-state index is 0.149. The Labute approximate surface area is 118 Å². The van der Waals surface area contributed by atoms with E-state index >= 15 is 0 Å². The molecule has 1 fully saturated rings. The molecular formula is C17H28N2. The van der Waals surface area contributed by atoms with Crippen LogP contribution in [0.4, 0.5) is 0 Å². The fourth-order valence-corrected chi connectivity index (χ4v) is 2.84. The van der Waals surface area contributed by atoms with Crippen molar-refractivity contribution in [3.63, 3.8) is 0 Å². The lowest BCUT2D eigenvalue weighted by Crippen LogP contribution is -2.45. The van der Waals surface area contributed by atoms with E-state index in [0.717, 1.165) is 6.54 Å². The summed E-state index contributed by atoms with van der Waals surface area (Å²) in [6, 6.07) is 11.3. The predicted octanol–water partition coefficient (Wildman–Crippen LogP) is 3.60. The van der Waals surface area contributed by atoms with E-state index in [1.165, 1.54) is 37.9 Å². The third kappa shape index (κ3) is 4.96. The van der Waals surface area contributed by atoms with Gasteiger partial charge < -0.3 is 10.2 Å². The number of piperidine rings is 1. The van der Waals surface area contributed by atoms with E-state index in [0.29, 0.717) is 6.04 Å². The van der Waals surface area contributed by atoms with Gasteiger partial charge in [0.15, 0.2) is 0 Å². The SMILES string of the molecule is CC(C)(C)N[C@H](CN1CCCCC1)c1ccccc1. The Morgan fingerprint density at radius 1 is 1.05 bits per heavy atom. The van der Waals surface area contributed by atoms with Gasteiger partial charge in [0.05, 0.1) is 0 Å². The highest BCUT2D eigenvalue weighted by molar-refractivity contribution is 5.19. The van der Waals surface area contributed by atoms with E-state index in [4.69, 9.17) is 0 Å². The molecule has 1 atom stereocenters. The van der Waals surface area contributed by atoms with Crippen molar-refractivity contribution in [1.82, 2.24) is 10.2 Å². The summed E-state index contributed by atoms with van der Waals surface area (Å²) < 4.78 is 0. The van der Waals surface area contributed by atoms with Gasteiger partial charge in [-0.25, -0.2) is 0 Å². The van der Waals surface area contributed by atoms with Crippen molar-refractivity contribution >= 4 is 0 Å². The molecule has 2 nitrogen and oxygen atoms in total. The third-order valence-electron chi connectivity index (χ3n) is 3.70. The standard InChI is InChI=1S/C17H28N2/c1-17(2,3)18-16(15-10-6-4-7-11-15)14-19-12-8-5-9-13-19/h4,6-7,10-11,16,18H,5,8-9,12-14H2,1-3H3/t16-/m1/s1. The molecule has 1 aromatic carbocycles. The number of hydrogen-bond acceptors (Lipinski definition) is 2. The van der Waals surface area contributed by atoms with Gasteiger partial charge in [0, 0.05) is 18.1 Å².